The molecule has 0 radical (unpaired) electrons. The highest BCUT2D eigenvalue weighted by molar-refractivity contribution is 14.1. The molecule has 4 heteroatoms. The van der Waals surface area contributed by atoms with Crippen LogP contribution >= 0.6 is 22.6 Å². The zero-order chi connectivity index (χ0) is 12.8. The van der Waals surface area contributed by atoms with E-state index >= 15 is 0 Å². The van der Waals surface area contributed by atoms with E-state index in [4.69, 9.17) is 0 Å². The first kappa shape index (κ1) is 13.3. The zero-order valence-corrected chi connectivity index (χ0v) is 12.5. The van der Waals surface area contributed by atoms with Crippen molar-refractivity contribution in [1.29, 1.82) is 0 Å². The molecule has 0 aliphatic carbocycles. The number of benzene rings is 1. The van der Waals surface area contributed by atoms with Crippen LogP contribution in [0.5, 0.6) is 0 Å². The normalized spacial score (nSPS) is 10.3. The molecule has 0 unspecified atom stereocenters. The van der Waals surface area contributed by atoms with E-state index in [-0.39, 0.29) is 0 Å². The Morgan fingerprint density at radius 2 is 2.00 bits per heavy atom. The monoisotopic (exact) mass is 353 g/mol. The molecule has 0 bridgehead atoms. The van der Waals surface area contributed by atoms with Crippen molar-refractivity contribution in [3.8, 4) is 0 Å². The number of nitrogens with zero attached hydrogens (tertiary/aromatic N) is 3. The van der Waals surface area contributed by atoms with Crippen LogP contribution < -0.4 is 4.90 Å². The maximum atomic E-state index is 4.31. The maximum absolute atomic E-state index is 4.31. The Bertz CT molecular complexity index is 487. The van der Waals surface area contributed by atoms with Crippen LogP contribution in [0.15, 0.2) is 42.9 Å². The predicted molar refractivity (Wildman–Crippen MR) is 82.8 cm³/mol. The Morgan fingerprint density at radius 3 is 2.72 bits per heavy atom. The van der Waals surface area contributed by atoms with Crippen LogP contribution in [0.2, 0.25) is 0 Å². The quantitative estimate of drug-likeness (QED) is 0.774. The van der Waals surface area contributed by atoms with Crippen LogP contribution in [-0.2, 0) is 6.42 Å². The third-order valence-electron chi connectivity index (χ3n) is 2.81. The predicted octanol–water partition coefficient (Wildman–Crippen LogP) is 3.15. The van der Waals surface area contributed by atoms with Gasteiger partial charge in [0, 0.05) is 19.8 Å². The molecule has 1 aromatic heterocycles. The Labute approximate surface area is 121 Å². The van der Waals surface area contributed by atoms with Crippen LogP contribution in [-0.4, -0.2) is 23.6 Å². The number of rotatable bonds is 5. The lowest BCUT2D eigenvalue weighted by atomic mass is 10.1. The van der Waals surface area contributed by atoms with Gasteiger partial charge in [-0.3, -0.25) is 0 Å². The molecule has 0 saturated carbocycles. The fourth-order valence-electron chi connectivity index (χ4n) is 1.86. The van der Waals surface area contributed by atoms with Crippen molar-refractivity contribution in [2.45, 2.75) is 12.8 Å². The maximum Gasteiger partial charge on any atom is 0.145 e. The summed E-state index contributed by atoms with van der Waals surface area (Å²) < 4.78 is 1.09. The summed E-state index contributed by atoms with van der Waals surface area (Å²) in [5.74, 6) is 1.01. The van der Waals surface area contributed by atoms with Gasteiger partial charge in [0.2, 0.25) is 0 Å². The third-order valence-corrected chi connectivity index (χ3v) is 3.57. The molecule has 0 N–H and O–H groups in total. The topological polar surface area (TPSA) is 29.0 Å². The molecular formula is C14H16IN3. The van der Waals surface area contributed by atoms with E-state index < -0.39 is 0 Å². The molecular weight excluding hydrogens is 337 g/mol. The molecule has 0 aliphatic rings. The first-order chi connectivity index (χ1) is 8.77. The van der Waals surface area contributed by atoms with E-state index in [9.17, 15) is 0 Å². The standard InChI is InChI=1S/C14H16IN3/c1-18(14-13(15)10-16-11-17-14)9-5-8-12-6-3-2-4-7-12/h2-4,6-7,10-11H,5,8-9H2,1H3. The van der Waals surface area contributed by atoms with Gasteiger partial charge < -0.3 is 4.90 Å². The van der Waals surface area contributed by atoms with Crippen LogP contribution in [0.4, 0.5) is 5.82 Å². The molecule has 0 saturated heterocycles. The minimum absolute atomic E-state index is 1.00. The summed E-state index contributed by atoms with van der Waals surface area (Å²) in [6.45, 7) is 1.00. The summed E-state index contributed by atoms with van der Waals surface area (Å²) in [4.78, 5) is 10.5. The number of aryl methyl sites for hydroxylation is 1. The summed E-state index contributed by atoms with van der Waals surface area (Å²) in [6.07, 6.45) is 5.68. The summed E-state index contributed by atoms with van der Waals surface area (Å²) in [7, 11) is 2.08. The number of halogens is 1. The van der Waals surface area contributed by atoms with Crippen LogP contribution in [0.1, 0.15) is 12.0 Å². The van der Waals surface area contributed by atoms with Crippen LogP contribution in [0.3, 0.4) is 0 Å². The Morgan fingerprint density at radius 1 is 1.22 bits per heavy atom. The summed E-state index contributed by atoms with van der Waals surface area (Å²) >= 11 is 2.27. The molecule has 1 heterocycles. The summed E-state index contributed by atoms with van der Waals surface area (Å²) in [5, 5.41) is 0. The van der Waals surface area contributed by atoms with Gasteiger partial charge in [0.05, 0.1) is 3.57 Å². The van der Waals surface area contributed by atoms with Gasteiger partial charge in [0.25, 0.3) is 0 Å². The van der Waals surface area contributed by atoms with Crippen molar-refractivity contribution in [3.05, 3.63) is 52.0 Å². The van der Waals surface area contributed by atoms with Gasteiger partial charge >= 0.3 is 0 Å². The lowest BCUT2D eigenvalue weighted by molar-refractivity contribution is 0.774. The Kier molecular flexibility index (Phi) is 4.92. The minimum atomic E-state index is 1.00. The minimum Gasteiger partial charge on any atom is -0.359 e. The molecule has 1 aromatic carbocycles. The summed E-state index contributed by atoms with van der Waals surface area (Å²) in [6, 6.07) is 10.6. The van der Waals surface area contributed by atoms with Gasteiger partial charge in [-0.25, -0.2) is 9.97 Å². The van der Waals surface area contributed by atoms with Gasteiger partial charge in [0.1, 0.15) is 12.1 Å². The highest BCUT2D eigenvalue weighted by Gasteiger charge is 2.06. The van der Waals surface area contributed by atoms with Gasteiger partial charge in [-0.2, -0.15) is 0 Å². The zero-order valence-electron chi connectivity index (χ0n) is 10.4. The first-order valence-corrected chi connectivity index (χ1v) is 7.06. The smallest absolute Gasteiger partial charge is 0.145 e. The summed E-state index contributed by atoms with van der Waals surface area (Å²) in [5.41, 5.74) is 1.39. The molecule has 18 heavy (non-hydrogen) atoms. The largest absolute Gasteiger partial charge is 0.359 e. The molecule has 0 atom stereocenters. The van der Waals surface area contributed by atoms with E-state index in [1.54, 1.807) is 6.33 Å². The second-order valence-electron chi connectivity index (χ2n) is 4.20. The van der Waals surface area contributed by atoms with Crippen molar-refractivity contribution in [2.75, 3.05) is 18.5 Å². The van der Waals surface area contributed by atoms with Crippen molar-refractivity contribution >= 4 is 28.4 Å². The van der Waals surface area contributed by atoms with E-state index in [0.29, 0.717) is 0 Å². The van der Waals surface area contributed by atoms with Crippen LogP contribution in [0.25, 0.3) is 0 Å². The molecule has 0 amide bonds. The van der Waals surface area contributed by atoms with E-state index in [0.717, 1.165) is 28.8 Å². The van der Waals surface area contributed by atoms with E-state index in [1.807, 2.05) is 6.20 Å². The van der Waals surface area contributed by atoms with Crippen molar-refractivity contribution < 1.29 is 0 Å². The van der Waals surface area contributed by atoms with Gasteiger partial charge in [-0.15, -0.1) is 0 Å². The number of hydrogen-bond acceptors (Lipinski definition) is 3. The lowest BCUT2D eigenvalue weighted by Crippen LogP contribution is -2.21. The van der Waals surface area contributed by atoms with Crippen LogP contribution in [0, 0.1) is 3.57 Å². The fourth-order valence-corrected chi connectivity index (χ4v) is 2.57. The third kappa shape index (κ3) is 3.66. The fraction of sp³-hybridized carbons (Fsp3) is 0.286. The molecule has 0 fully saturated rings. The van der Waals surface area contributed by atoms with Crippen molar-refractivity contribution in [3.63, 3.8) is 0 Å². The Balaban J connectivity index is 1.86. The molecule has 3 nitrogen and oxygen atoms in total. The lowest BCUT2D eigenvalue weighted by Gasteiger charge is -2.18. The molecule has 0 aliphatic heterocycles. The average Bonchev–Trinajstić information content (AvgIpc) is 2.40. The van der Waals surface area contributed by atoms with Gasteiger partial charge in [-0.05, 0) is 41.0 Å². The van der Waals surface area contributed by atoms with Gasteiger partial charge in [0.15, 0.2) is 0 Å². The number of anilines is 1. The second kappa shape index (κ2) is 6.68. The number of aromatic nitrogens is 2. The van der Waals surface area contributed by atoms with Crippen molar-refractivity contribution in [2.24, 2.45) is 0 Å². The highest BCUT2D eigenvalue weighted by atomic mass is 127. The highest BCUT2D eigenvalue weighted by Crippen LogP contribution is 2.17. The SMILES string of the molecule is CN(CCCc1ccccc1)c1ncncc1I. The van der Waals surface area contributed by atoms with Crippen molar-refractivity contribution in [1.82, 2.24) is 9.97 Å². The average molecular weight is 353 g/mol. The van der Waals surface area contributed by atoms with E-state index in [1.165, 1.54) is 5.56 Å². The molecule has 2 rings (SSSR count). The molecule has 0 spiro atoms. The Hall–Kier alpha value is -1.17. The molecule has 94 valence electrons. The molecule has 2 aromatic rings. The van der Waals surface area contributed by atoms with E-state index in [2.05, 4.69) is 74.8 Å². The van der Waals surface area contributed by atoms with Gasteiger partial charge in [-0.1, -0.05) is 30.3 Å². The first-order valence-electron chi connectivity index (χ1n) is 5.98. The second-order valence-corrected chi connectivity index (χ2v) is 5.37. The number of hydrogen-bond donors (Lipinski definition) is 0.